The Morgan fingerprint density at radius 1 is 1.19 bits per heavy atom. The van der Waals surface area contributed by atoms with E-state index in [2.05, 4.69) is 47.6 Å². The Morgan fingerprint density at radius 3 is 2.71 bits per heavy atom. The van der Waals surface area contributed by atoms with Crippen LogP contribution in [-0.4, -0.2) is 18.1 Å². The molecule has 1 aliphatic heterocycles. The molecular weight excluding hydrogens is 387 g/mol. The summed E-state index contributed by atoms with van der Waals surface area (Å²) in [6, 6.07) is 17.2. The van der Waals surface area contributed by atoms with Gasteiger partial charge in [-0.05, 0) is 85.5 Å². The number of anilines is 1. The first-order valence-corrected chi connectivity index (χ1v) is 10.8. The quantitative estimate of drug-likeness (QED) is 0.623. The molecule has 2 aromatic carbocycles. The van der Waals surface area contributed by atoms with Gasteiger partial charge in [-0.2, -0.15) is 5.26 Å². The highest BCUT2D eigenvalue weighted by atomic mass is 19.1. The average molecular weight is 415 g/mol. The molecular formula is C26H27FN4. The van der Waals surface area contributed by atoms with E-state index in [1.807, 2.05) is 12.1 Å². The van der Waals surface area contributed by atoms with E-state index in [1.54, 1.807) is 0 Å². The number of aromatic nitrogens is 1. The van der Waals surface area contributed by atoms with E-state index in [1.165, 1.54) is 17.7 Å². The predicted molar refractivity (Wildman–Crippen MR) is 122 cm³/mol. The molecule has 1 unspecified atom stereocenters. The smallest absolute Gasteiger partial charge is 0.142 e. The maximum atomic E-state index is 13.2. The molecule has 1 fully saturated rings. The molecule has 3 aromatic rings. The third-order valence-corrected chi connectivity index (χ3v) is 6.14. The van der Waals surface area contributed by atoms with Crippen LogP contribution in [0.25, 0.3) is 11.3 Å². The Bertz CT molecular complexity index is 1110. The Hall–Kier alpha value is -3.23. The number of nitrogens with one attached hydrogen (secondary N) is 1. The van der Waals surface area contributed by atoms with E-state index in [9.17, 15) is 9.65 Å². The van der Waals surface area contributed by atoms with Crippen molar-refractivity contribution in [3.05, 3.63) is 82.2 Å². The summed E-state index contributed by atoms with van der Waals surface area (Å²) in [5, 5.41) is 13.1. The summed E-state index contributed by atoms with van der Waals surface area (Å²) >= 11 is 0. The molecule has 0 bridgehead atoms. The van der Waals surface area contributed by atoms with Gasteiger partial charge in [0, 0.05) is 12.1 Å². The van der Waals surface area contributed by atoms with Gasteiger partial charge in [-0.1, -0.05) is 30.3 Å². The summed E-state index contributed by atoms with van der Waals surface area (Å²) in [6.07, 6.45) is 3.74. The van der Waals surface area contributed by atoms with Gasteiger partial charge in [0.2, 0.25) is 0 Å². The van der Waals surface area contributed by atoms with Gasteiger partial charge in [0.25, 0.3) is 0 Å². The van der Waals surface area contributed by atoms with Crippen molar-refractivity contribution in [1.82, 2.24) is 10.3 Å². The monoisotopic (exact) mass is 414 g/mol. The molecule has 4 rings (SSSR count). The van der Waals surface area contributed by atoms with Crippen LogP contribution >= 0.6 is 0 Å². The van der Waals surface area contributed by atoms with Gasteiger partial charge >= 0.3 is 0 Å². The third kappa shape index (κ3) is 4.60. The molecule has 1 saturated heterocycles. The lowest BCUT2D eigenvalue weighted by atomic mass is 9.86. The summed E-state index contributed by atoms with van der Waals surface area (Å²) in [5.74, 6) is 0.342. The lowest BCUT2D eigenvalue weighted by Gasteiger charge is -2.25. The summed E-state index contributed by atoms with van der Waals surface area (Å²) < 4.78 is 13.2. The second-order valence-electron chi connectivity index (χ2n) is 8.25. The normalized spacial score (nSPS) is 16.1. The largest absolute Gasteiger partial charge is 0.383 e. The van der Waals surface area contributed by atoms with Crippen LogP contribution in [0.5, 0.6) is 0 Å². The van der Waals surface area contributed by atoms with Crippen LogP contribution in [-0.2, 0) is 12.8 Å². The molecule has 2 heterocycles. The van der Waals surface area contributed by atoms with Crippen molar-refractivity contribution in [2.75, 3.05) is 18.8 Å². The average Bonchev–Trinajstić information content (AvgIpc) is 2.79. The molecule has 0 spiro atoms. The first-order chi connectivity index (χ1) is 15.1. The Kier molecular flexibility index (Phi) is 6.29. The molecule has 5 heteroatoms. The van der Waals surface area contributed by atoms with Gasteiger partial charge in [-0.15, -0.1) is 0 Å². The van der Waals surface area contributed by atoms with Crippen molar-refractivity contribution in [3.8, 4) is 17.3 Å². The maximum Gasteiger partial charge on any atom is 0.142 e. The molecule has 0 saturated carbocycles. The van der Waals surface area contributed by atoms with Gasteiger partial charge in [-0.3, -0.25) is 0 Å². The van der Waals surface area contributed by atoms with Crippen molar-refractivity contribution in [2.45, 2.75) is 38.5 Å². The van der Waals surface area contributed by atoms with Crippen LogP contribution in [0.3, 0.4) is 0 Å². The van der Waals surface area contributed by atoms with Crippen molar-refractivity contribution in [2.24, 2.45) is 0 Å². The molecule has 1 atom stereocenters. The SMILES string of the molecule is Cc1cccc(CCc2ccc(F)cc2)c1-c1cc(C2CCCNC2)c(C#N)c(N)n1. The lowest BCUT2D eigenvalue weighted by molar-refractivity contribution is 0.461. The fourth-order valence-corrected chi connectivity index (χ4v) is 4.51. The molecule has 4 nitrogen and oxygen atoms in total. The van der Waals surface area contributed by atoms with Crippen molar-refractivity contribution >= 4 is 5.82 Å². The molecule has 0 amide bonds. The lowest BCUT2D eigenvalue weighted by Crippen LogP contribution is -2.29. The number of pyridine rings is 1. The van der Waals surface area contributed by atoms with Gasteiger partial charge in [-0.25, -0.2) is 9.37 Å². The zero-order valence-corrected chi connectivity index (χ0v) is 17.8. The van der Waals surface area contributed by atoms with Crippen LogP contribution in [0.15, 0.2) is 48.5 Å². The Balaban J connectivity index is 1.72. The van der Waals surface area contributed by atoms with E-state index < -0.39 is 0 Å². The summed E-state index contributed by atoms with van der Waals surface area (Å²) in [5.41, 5.74) is 13.0. The van der Waals surface area contributed by atoms with Crippen LogP contribution in [0.1, 0.15) is 46.6 Å². The first-order valence-electron chi connectivity index (χ1n) is 10.8. The molecule has 1 aliphatic rings. The van der Waals surface area contributed by atoms with Crippen LogP contribution in [0.4, 0.5) is 10.2 Å². The second-order valence-corrected chi connectivity index (χ2v) is 8.25. The van der Waals surface area contributed by atoms with Gasteiger partial charge in [0.15, 0.2) is 0 Å². The van der Waals surface area contributed by atoms with Crippen LogP contribution in [0, 0.1) is 24.1 Å². The number of rotatable bonds is 5. The molecule has 0 radical (unpaired) electrons. The minimum absolute atomic E-state index is 0.220. The van der Waals surface area contributed by atoms with Crippen molar-refractivity contribution < 1.29 is 4.39 Å². The number of nitrogen functional groups attached to an aromatic ring is 1. The summed E-state index contributed by atoms with van der Waals surface area (Å²) in [6.45, 7) is 3.94. The van der Waals surface area contributed by atoms with E-state index in [0.29, 0.717) is 11.4 Å². The number of nitriles is 1. The highest BCUT2D eigenvalue weighted by Crippen LogP contribution is 2.34. The molecule has 0 aliphatic carbocycles. The van der Waals surface area contributed by atoms with Gasteiger partial charge in [0.05, 0.1) is 11.3 Å². The molecule has 158 valence electrons. The minimum atomic E-state index is -0.220. The van der Waals surface area contributed by atoms with Crippen molar-refractivity contribution in [1.29, 1.82) is 5.26 Å². The van der Waals surface area contributed by atoms with Crippen LogP contribution in [0.2, 0.25) is 0 Å². The van der Waals surface area contributed by atoms with E-state index >= 15 is 0 Å². The summed E-state index contributed by atoms with van der Waals surface area (Å²) in [7, 11) is 0. The fraction of sp³-hybridized carbons (Fsp3) is 0.308. The fourth-order valence-electron chi connectivity index (χ4n) is 4.51. The number of hydrogen-bond acceptors (Lipinski definition) is 4. The number of aryl methyl sites for hydroxylation is 3. The molecule has 1 aromatic heterocycles. The Morgan fingerprint density at radius 2 is 2.00 bits per heavy atom. The number of halogens is 1. The standard InChI is InChI=1S/C26H27FN4/c1-17-4-2-5-19(10-7-18-8-11-21(27)12-9-18)25(17)24-14-22(20-6-3-13-30-16-20)23(15-28)26(29)31-24/h2,4-5,8-9,11-12,14,20,30H,3,6-7,10,13,16H2,1H3,(H2,29,31). The van der Waals surface area contributed by atoms with Gasteiger partial charge in [0.1, 0.15) is 17.7 Å². The first kappa shape index (κ1) is 21.0. The Labute approximate surface area is 182 Å². The highest BCUT2D eigenvalue weighted by Gasteiger charge is 2.23. The predicted octanol–water partition coefficient (Wildman–Crippen LogP) is 4.90. The minimum Gasteiger partial charge on any atom is -0.383 e. The number of piperidine rings is 1. The number of benzene rings is 2. The van der Waals surface area contributed by atoms with Crippen molar-refractivity contribution in [3.63, 3.8) is 0 Å². The van der Waals surface area contributed by atoms with Gasteiger partial charge < -0.3 is 11.1 Å². The summed E-state index contributed by atoms with van der Waals surface area (Å²) in [4.78, 5) is 4.64. The number of hydrogen-bond donors (Lipinski definition) is 2. The van der Waals surface area contributed by atoms with E-state index in [0.717, 1.165) is 66.7 Å². The number of nitrogens with two attached hydrogens (primary N) is 1. The second kappa shape index (κ2) is 9.28. The molecule has 31 heavy (non-hydrogen) atoms. The maximum absolute atomic E-state index is 13.2. The highest BCUT2D eigenvalue weighted by molar-refractivity contribution is 5.72. The van der Waals surface area contributed by atoms with E-state index in [-0.39, 0.29) is 11.7 Å². The van der Waals surface area contributed by atoms with Crippen LogP contribution < -0.4 is 11.1 Å². The number of nitrogens with zero attached hydrogens (tertiary/aromatic N) is 2. The zero-order chi connectivity index (χ0) is 21.8. The zero-order valence-electron chi connectivity index (χ0n) is 17.8. The third-order valence-electron chi connectivity index (χ3n) is 6.14. The molecule has 3 N–H and O–H groups in total. The topological polar surface area (TPSA) is 74.7 Å². The van der Waals surface area contributed by atoms with E-state index in [4.69, 9.17) is 5.73 Å².